The van der Waals surface area contributed by atoms with E-state index in [9.17, 15) is 13.5 Å². The molecule has 1 aromatic rings. The molecule has 4 fully saturated rings. The van der Waals surface area contributed by atoms with Gasteiger partial charge >= 0.3 is 0 Å². The van der Waals surface area contributed by atoms with E-state index in [1.54, 1.807) is 16.7 Å². The third-order valence-corrected chi connectivity index (χ3v) is 14.9. The van der Waals surface area contributed by atoms with E-state index >= 15 is 0 Å². The number of piperidine rings is 1. The molecule has 2 saturated carbocycles. The monoisotopic (exact) mass is 636 g/mol. The van der Waals surface area contributed by atoms with Crippen LogP contribution in [0.3, 0.4) is 0 Å². The lowest BCUT2D eigenvalue weighted by molar-refractivity contribution is -0.0792. The van der Waals surface area contributed by atoms with Gasteiger partial charge in [-0.3, -0.25) is 4.90 Å². The maximum atomic E-state index is 12.9. The molecule has 10 atom stereocenters. The zero-order chi connectivity index (χ0) is 31.6. The number of fused-ring (bicyclic) bond motifs is 6. The van der Waals surface area contributed by atoms with Crippen LogP contribution in [-0.2, 0) is 21.2 Å². The highest BCUT2D eigenvalue weighted by Gasteiger charge is 2.59. The molecule has 0 aromatic heterocycles. The molecule has 2 N–H and O–H groups in total. The molecule has 4 aliphatic carbocycles. The van der Waals surface area contributed by atoms with Crippen LogP contribution >= 0.6 is 0 Å². The first kappa shape index (κ1) is 32.1. The number of ether oxygens (including phenoxy) is 1. The topological polar surface area (TPSA) is 78.9 Å². The SMILES string of the molecule is CC1=C2C[C@H]3C(CCC4=C[C@@H](O)CC[C@@]43C)[C@@H]2CC[C@@]2(C1)O[C@@H]1C[C@H](C)CN(CCNS(=O)(=O)CCc3ccccc3)[C@H]1[C@H]2C. The molecule has 2 aliphatic heterocycles. The van der Waals surface area contributed by atoms with E-state index in [1.807, 2.05) is 30.3 Å². The van der Waals surface area contributed by atoms with Crippen molar-refractivity contribution in [2.75, 3.05) is 25.4 Å². The number of aliphatic hydroxyl groups is 1. The number of rotatable bonds is 7. The van der Waals surface area contributed by atoms with E-state index < -0.39 is 10.0 Å². The number of hydrogen-bond acceptors (Lipinski definition) is 5. The lowest BCUT2D eigenvalue weighted by Gasteiger charge is -2.49. The number of aryl methyl sites for hydroxylation is 1. The van der Waals surface area contributed by atoms with Gasteiger partial charge in [0.1, 0.15) is 0 Å². The molecule has 1 unspecified atom stereocenters. The number of sulfonamides is 1. The quantitative estimate of drug-likeness (QED) is 0.345. The van der Waals surface area contributed by atoms with Crippen molar-refractivity contribution in [3.8, 4) is 0 Å². The number of hydrogen-bond donors (Lipinski definition) is 2. The van der Waals surface area contributed by atoms with Gasteiger partial charge in [-0.05, 0) is 106 Å². The Morgan fingerprint density at radius 1 is 1.11 bits per heavy atom. The fourth-order valence-corrected chi connectivity index (χ4v) is 12.3. The molecule has 2 saturated heterocycles. The van der Waals surface area contributed by atoms with Crippen LogP contribution in [0.2, 0.25) is 0 Å². The first-order valence-electron chi connectivity index (χ1n) is 18.0. The van der Waals surface area contributed by atoms with Gasteiger partial charge in [-0.25, -0.2) is 13.1 Å². The summed E-state index contributed by atoms with van der Waals surface area (Å²) in [5.74, 6) is 3.22. The summed E-state index contributed by atoms with van der Waals surface area (Å²) >= 11 is 0. The van der Waals surface area contributed by atoms with Crippen LogP contribution < -0.4 is 4.72 Å². The van der Waals surface area contributed by atoms with Crippen LogP contribution in [0.4, 0.5) is 0 Å². The van der Waals surface area contributed by atoms with Gasteiger partial charge in [0.25, 0.3) is 0 Å². The Balaban J connectivity index is 1.03. The predicted octanol–water partition coefficient (Wildman–Crippen LogP) is 6.27. The molecule has 0 radical (unpaired) electrons. The Morgan fingerprint density at radius 3 is 2.71 bits per heavy atom. The number of aliphatic hydroxyl groups excluding tert-OH is 1. The molecular formula is C38H56N2O4S. The van der Waals surface area contributed by atoms with Crippen LogP contribution in [-0.4, -0.2) is 67.7 Å². The molecule has 1 aromatic carbocycles. The predicted molar refractivity (Wildman–Crippen MR) is 180 cm³/mol. The number of benzene rings is 1. The van der Waals surface area contributed by atoms with Crippen molar-refractivity contribution >= 4 is 10.0 Å². The smallest absolute Gasteiger partial charge is 0.211 e. The van der Waals surface area contributed by atoms with Crippen molar-refractivity contribution in [2.45, 2.75) is 116 Å². The van der Waals surface area contributed by atoms with Gasteiger partial charge in [0.15, 0.2) is 0 Å². The van der Waals surface area contributed by atoms with Crippen molar-refractivity contribution in [3.63, 3.8) is 0 Å². The van der Waals surface area contributed by atoms with Crippen LogP contribution in [0.5, 0.6) is 0 Å². The highest BCUT2D eigenvalue weighted by Crippen LogP contribution is 2.64. The number of nitrogens with zero attached hydrogens (tertiary/aromatic N) is 1. The van der Waals surface area contributed by atoms with Crippen molar-refractivity contribution in [1.82, 2.24) is 9.62 Å². The van der Waals surface area contributed by atoms with E-state index in [2.05, 4.69) is 43.4 Å². The molecule has 0 bridgehead atoms. The van der Waals surface area contributed by atoms with E-state index in [-0.39, 0.29) is 29.0 Å². The maximum absolute atomic E-state index is 12.9. The van der Waals surface area contributed by atoms with E-state index in [0.29, 0.717) is 42.7 Å². The standard InChI is InChI=1S/C38H56N2O4S/c1-25-20-35-36(40(24-25)18-17-39-45(42,43)19-14-28-8-6-5-7-9-28)27(3)38(44-35)16-13-31-32-11-10-29-21-30(41)12-15-37(29,4)34(32)22-33(31)26(2)23-38/h5-9,21,25,27,30-32,34-36,39,41H,10-20,22-24H2,1-4H3/t25-,27+,30-,31-,32?,34-,35+,36-,37-,38-/m0/s1. The van der Waals surface area contributed by atoms with Gasteiger partial charge in [0.2, 0.25) is 10.0 Å². The fourth-order valence-electron chi connectivity index (χ4n) is 11.2. The fraction of sp³-hybridized carbons (Fsp3) is 0.737. The van der Waals surface area contributed by atoms with Gasteiger partial charge in [-0.15, -0.1) is 0 Å². The summed E-state index contributed by atoms with van der Waals surface area (Å²) in [5, 5.41) is 10.4. The van der Waals surface area contributed by atoms with Crippen LogP contribution in [0.25, 0.3) is 0 Å². The average Bonchev–Trinajstić information content (AvgIpc) is 3.47. The molecule has 248 valence electrons. The van der Waals surface area contributed by atoms with Gasteiger partial charge in [0, 0.05) is 31.6 Å². The van der Waals surface area contributed by atoms with Gasteiger partial charge < -0.3 is 9.84 Å². The summed E-state index contributed by atoms with van der Waals surface area (Å²) in [6, 6.07) is 10.2. The Labute approximate surface area is 272 Å². The Kier molecular flexibility index (Phi) is 8.68. The van der Waals surface area contributed by atoms with Crippen molar-refractivity contribution < 1.29 is 18.3 Å². The Morgan fingerprint density at radius 2 is 1.91 bits per heavy atom. The summed E-state index contributed by atoms with van der Waals surface area (Å²) in [4.78, 5) is 2.57. The van der Waals surface area contributed by atoms with E-state index in [0.717, 1.165) is 63.1 Å². The minimum atomic E-state index is -3.33. The minimum absolute atomic E-state index is 0.123. The molecule has 0 amide bonds. The van der Waals surface area contributed by atoms with Gasteiger partial charge in [0.05, 0.1) is 23.6 Å². The largest absolute Gasteiger partial charge is 0.389 e. The summed E-state index contributed by atoms with van der Waals surface area (Å²) in [6.07, 6.45) is 12.9. The zero-order valence-electron chi connectivity index (χ0n) is 28.0. The van der Waals surface area contributed by atoms with Crippen molar-refractivity contribution in [1.29, 1.82) is 0 Å². The van der Waals surface area contributed by atoms with Crippen LogP contribution in [0, 0.1) is 35.0 Å². The van der Waals surface area contributed by atoms with Crippen LogP contribution in [0.1, 0.15) is 91.0 Å². The molecular weight excluding hydrogens is 580 g/mol. The molecule has 7 heteroatoms. The number of nitrogens with one attached hydrogen (secondary N) is 1. The molecule has 7 rings (SSSR count). The van der Waals surface area contributed by atoms with E-state index in [4.69, 9.17) is 4.74 Å². The normalized spacial score (nSPS) is 41.7. The minimum Gasteiger partial charge on any atom is -0.389 e. The molecule has 2 heterocycles. The summed E-state index contributed by atoms with van der Waals surface area (Å²) in [5.41, 5.74) is 6.06. The first-order valence-corrected chi connectivity index (χ1v) is 19.6. The second-order valence-electron chi connectivity index (χ2n) is 16.1. The molecule has 6 aliphatic rings. The molecule has 1 spiro atoms. The third-order valence-electron chi connectivity index (χ3n) is 13.5. The first-order chi connectivity index (χ1) is 21.5. The van der Waals surface area contributed by atoms with Crippen LogP contribution in [0.15, 0.2) is 53.1 Å². The maximum Gasteiger partial charge on any atom is 0.211 e. The lowest BCUT2D eigenvalue weighted by Crippen LogP contribution is -2.53. The molecule has 6 nitrogen and oxygen atoms in total. The Hall–Kier alpha value is -1.51. The number of allylic oxidation sites excluding steroid dienone is 2. The third kappa shape index (κ3) is 5.92. The summed E-state index contributed by atoms with van der Waals surface area (Å²) in [6.45, 7) is 11.9. The van der Waals surface area contributed by atoms with Gasteiger partial charge in [-0.1, -0.05) is 73.9 Å². The second kappa shape index (κ2) is 12.2. The second-order valence-corrected chi connectivity index (χ2v) is 18.1. The lowest BCUT2D eigenvalue weighted by atomic mass is 9.56. The van der Waals surface area contributed by atoms with Crippen molar-refractivity contribution in [3.05, 3.63) is 58.7 Å². The average molecular weight is 637 g/mol. The van der Waals surface area contributed by atoms with Gasteiger partial charge in [-0.2, -0.15) is 0 Å². The highest BCUT2D eigenvalue weighted by atomic mass is 32.2. The Bertz CT molecular complexity index is 1420. The zero-order valence-corrected chi connectivity index (χ0v) is 28.8. The highest BCUT2D eigenvalue weighted by molar-refractivity contribution is 7.89. The van der Waals surface area contributed by atoms with E-state index in [1.165, 1.54) is 19.3 Å². The molecule has 45 heavy (non-hydrogen) atoms. The summed E-state index contributed by atoms with van der Waals surface area (Å²) in [7, 11) is -3.33. The summed E-state index contributed by atoms with van der Waals surface area (Å²) < 4.78 is 35.9. The number of likely N-dealkylation sites (tertiary alicyclic amines) is 1. The van der Waals surface area contributed by atoms with Crippen molar-refractivity contribution in [2.24, 2.45) is 35.0 Å².